The van der Waals surface area contributed by atoms with Gasteiger partial charge in [-0.25, -0.2) is 4.39 Å². The first-order valence-electron chi connectivity index (χ1n) is 7.89. The molecule has 0 radical (unpaired) electrons. The van der Waals surface area contributed by atoms with Gasteiger partial charge in [0.15, 0.2) is 6.61 Å². The van der Waals surface area contributed by atoms with Crippen LogP contribution in [0.15, 0.2) is 66.0 Å². The fourth-order valence-corrected chi connectivity index (χ4v) is 3.24. The Kier molecular flexibility index (Phi) is 5.46. The van der Waals surface area contributed by atoms with Crippen molar-refractivity contribution in [2.24, 2.45) is 0 Å². The Hall–Kier alpha value is -2.66. The molecule has 3 nitrogen and oxygen atoms in total. The van der Waals surface area contributed by atoms with Crippen molar-refractivity contribution < 1.29 is 13.9 Å². The summed E-state index contributed by atoms with van der Waals surface area (Å²) >= 11 is 1.58. The summed E-state index contributed by atoms with van der Waals surface area (Å²) in [7, 11) is 0. The van der Waals surface area contributed by atoms with Gasteiger partial charge in [-0.15, -0.1) is 11.3 Å². The van der Waals surface area contributed by atoms with E-state index in [2.05, 4.69) is 5.32 Å². The molecule has 0 saturated carbocycles. The van der Waals surface area contributed by atoms with E-state index in [0.717, 1.165) is 16.0 Å². The highest BCUT2D eigenvalue weighted by Crippen LogP contribution is 2.26. The van der Waals surface area contributed by atoms with E-state index < -0.39 is 5.82 Å². The second kappa shape index (κ2) is 7.94. The number of aryl methyl sites for hydroxylation is 1. The molecule has 1 N–H and O–H groups in total. The van der Waals surface area contributed by atoms with Crippen LogP contribution in [0.25, 0.3) is 0 Å². The largest absolute Gasteiger partial charge is 0.484 e. The third kappa shape index (κ3) is 4.67. The molecular formula is C20H18FNO2S. The maximum Gasteiger partial charge on any atom is 0.258 e. The van der Waals surface area contributed by atoms with Crippen molar-refractivity contribution in [2.45, 2.75) is 13.0 Å². The summed E-state index contributed by atoms with van der Waals surface area (Å²) in [6.07, 6.45) is 0. The van der Waals surface area contributed by atoms with Crippen molar-refractivity contribution >= 4 is 17.2 Å². The molecule has 0 aliphatic carbocycles. The molecular weight excluding hydrogens is 337 g/mol. The molecule has 2 aromatic carbocycles. The zero-order chi connectivity index (χ0) is 17.6. The maximum absolute atomic E-state index is 13.2. The standard InChI is InChI=1S/C20H18FNO2S/c1-14-7-9-15(10-8-14)20(18-6-3-11-25-18)22-19(23)13-24-17-5-2-4-16(21)12-17/h2-12,20H,13H2,1H3,(H,22,23)/t20-/m1/s1. The fraction of sp³-hybridized carbons (Fsp3) is 0.150. The number of halogens is 1. The molecule has 0 spiro atoms. The molecule has 0 unspecified atom stereocenters. The van der Waals surface area contributed by atoms with Crippen LogP contribution in [0.2, 0.25) is 0 Å². The molecule has 0 bridgehead atoms. The van der Waals surface area contributed by atoms with Crippen LogP contribution in [0.1, 0.15) is 22.0 Å². The van der Waals surface area contributed by atoms with Gasteiger partial charge in [0.1, 0.15) is 11.6 Å². The van der Waals surface area contributed by atoms with Gasteiger partial charge in [-0.3, -0.25) is 4.79 Å². The highest BCUT2D eigenvalue weighted by Gasteiger charge is 2.18. The van der Waals surface area contributed by atoms with E-state index in [1.165, 1.54) is 12.1 Å². The smallest absolute Gasteiger partial charge is 0.258 e. The van der Waals surface area contributed by atoms with E-state index in [1.54, 1.807) is 23.5 Å². The summed E-state index contributed by atoms with van der Waals surface area (Å²) in [5.74, 6) is -0.324. The quantitative estimate of drug-likeness (QED) is 0.708. The van der Waals surface area contributed by atoms with Gasteiger partial charge in [-0.2, -0.15) is 0 Å². The van der Waals surface area contributed by atoms with Gasteiger partial charge in [-0.05, 0) is 36.1 Å². The zero-order valence-corrected chi connectivity index (χ0v) is 14.6. The number of amides is 1. The first-order valence-corrected chi connectivity index (χ1v) is 8.77. The lowest BCUT2D eigenvalue weighted by atomic mass is 10.0. The van der Waals surface area contributed by atoms with Gasteiger partial charge in [0.05, 0.1) is 6.04 Å². The number of thiophene rings is 1. The van der Waals surface area contributed by atoms with Crippen LogP contribution < -0.4 is 10.1 Å². The summed E-state index contributed by atoms with van der Waals surface area (Å²) < 4.78 is 18.5. The highest BCUT2D eigenvalue weighted by atomic mass is 32.1. The van der Waals surface area contributed by atoms with Gasteiger partial charge in [-0.1, -0.05) is 42.0 Å². The lowest BCUT2D eigenvalue weighted by Gasteiger charge is -2.18. The minimum absolute atomic E-state index is 0.169. The van der Waals surface area contributed by atoms with Crippen LogP contribution in [-0.4, -0.2) is 12.5 Å². The average molecular weight is 355 g/mol. The summed E-state index contributed by atoms with van der Waals surface area (Å²) in [6, 6.07) is 17.5. The van der Waals surface area contributed by atoms with Crippen LogP contribution in [0.5, 0.6) is 5.75 Å². The molecule has 0 aliphatic rings. The molecule has 5 heteroatoms. The van der Waals surface area contributed by atoms with Crippen LogP contribution in [-0.2, 0) is 4.79 Å². The van der Waals surface area contributed by atoms with Crippen molar-refractivity contribution in [3.8, 4) is 5.75 Å². The minimum Gasteiger partial charge on any atom is -0.484 e. The predicted molar refractivity (Wildman–Crippen MR) is 97.4 cm³/mol. The molecule has 1 aromatic heterocycles. The van der Waals surface area contributed by atoms with E-state index in [-0.39, 0.29) is 18.6 Å². The number of hydrogen-bond donors (Lipinski definition) is 1. The van der Waals surface area contributed by atoms with Gasteiger partial charge in [0.2, 0.25) is 0 Å². The molecule has 1 heterocycles. The van der Waals surface area contributed by atoms with Crippen molar-refractivity contribution in [1.82, 2.24) is 5.32 Å². The zero-order valence-electron chi connectivity index (χ0n) is 13.7. The van der Waals surface area contributed by atoms with Crippen molar-refractivity contribution in [1.29, 1.82) is 0 Å². The molecule has 1 atom stereocenters. The monoisotopic (exact) mass is 355 g/mol. The summed E-state index contributed by atoms with van der Waals surface area (Å²) in [5, 5.41) is 4.97. The SMILES string of the molecule is Cc1ccc([C@@H](NC(=O)COc2cccc(F)c2)c2cccs2)cc1. The topological polar surface area (TPSA) is 38.3 Å². The summed E-state index contributed by atoms with van der Waals surface area (Å²) in [4.78, 5) is 13.4. The third-order valence-electron chi connectivity index (χ3n) is 3.71. The Morgan fingerprint density at radius 3 is 2.64 bits per heavy atom. The Balaban J connectivity index is 1.69. The first-order chi connectivity index (χ1) is 12.1. The number of nitrogens with one attached hydrogen (secondary N) is 1. The maximum atomic E-state index is 13.2. The molecule has 0 saturated heterocycles. The lowest BCUT2D eigenvalue weighted by molar-refractivity contribution is -0.123. The summed E-state index contributed by atoms with van der Waals surface area (Å²) in [5.41, 5.74) is 2.17. The minimum atomic E-state index is -0.394. The van der Waals surface area contributed by atoms with Crippen molar-refractivity contribution in [2.75, 3.05) is 6.61 Å². The number of benzene rings is 2. The molecule has 25 heavy (non-hydrogen) atoms. The van der Waals surface area contributed by atoms with E-state index in [9.17, 15) is 9.18 Å². The lowest BCUT2D eigenvalue weighted by Crippen LogP contribution is -2.32. The molecule has 3 rings (SSSR count). The molecule has 1 amide bonds. The number of rotatable bonds is 6. The molecule has 128 valence electrons. The van der Waals surface area contributed by atoms with Crippen molar-refractivity contribution in [3.05, 3.63) is 87.9 Å². The fourth-order valence-electron chi connectivity index (χ4n) is 2.44. The molecule has 3 aromatic rings. The van der Waals surface area contributed by atoms with E-state index >= 15 is 0 Å². The van der Waals surface area contributed by atoms with Gasteiger partial charge >= 0.3 is 0 Å². The Morgan fingerprint density at radius 1 is 1.16 bits per heavy atom. The third-order valence-corrected chi connectivity index (χ3v) is 4.65. The Bertz CT molecular complexity index is 831. The van der Waals surface area contributed by atoms with E-state index in [0.29, 0.717) is 5.75 Å². The number of carbonyl (C=O) groups is 1. The van der Waals surface area contributed by atoms with Gasteiger partial charge < -0.3 is 10.1 Å². The van der Waals surface area contributed by atoms with Crippen LogP contribution >= 0.6 is 11.3 Å². The van der Waals surface area contributed by atoms with Gasteiger partial charge in [0, 0.05) is 10.9 Å². The second-order valence-corrected chi connectivity index (χ2v) is 6.65. The molecule has 0 fully saturated rings. The van der Waals surface area contributed by atoms with E-state index in [1.807, 2.05) is 48.7 Å². The van der Waals surface area contributed by atoms with Gasteiger partial charge in [0.25, 0.3) is 5.91 Å². The average Bonchev–Trinajstić information content (AvgIpc) is 3.13. The highest BCUT2D eigenvalue weighted by molar-refractivity contribution is 7.10. The van der Waals surface area contributed by atoms with E-state index in [4.69, 9.17) is 4.74 Å². The van der Waals surface area contributed by atoms with Crippen LogP contribution in [0.4, 0.5) is 4.39 Å². The van der Waals surface area contributed by atoms with Crippen molar-refractivity contribution in [3.63, 3.8) is 0 Å². The predicted octanol–water partition coefficient (Wildman–Crippen LogP) is 4.48. The Labute approximate surface area is 150 Å². The van der Waals surface area contributed by atoms with Crippen LogP contribution in [0, 0.1) is 12.7 Å². The number of carbonyl (C=O) groups excluding carboxylic acids is 1. The second-order valence-electron chi connectivity index (χ2n) is 5.67. The first kappa shape index (κ1) is 17.2. The number of hydrogen-bond acceptors (Lipinski definition) is 3. The summed E-state index contributed by atoms with van der Waals surface area (Å²) in [6.45, 7) is 1.85. The van der Waals surface area contributed by atoms with Crippen LogP contribution in [0.3, 0.4) is 0 Å². The normalized spacial score (nSPS) is 11.8. The number of ether oxygens (including phenoxy) is 1. The molecule has 0 aliphatic heterocycles. The Morgan fingerprint density at radius 2 is 1.96 bits per heavy atom.